The van der Waals surface area contributed by atoms with Gasteiger partial charge in [-0.05, 0) is 26.0 Å². The van der Waals surface area contributed by atoms with Gasteiger partial charge in [-0.25, -0.2) is 9.78 Å². The Morgan fingerprint density at radius 3 is 2.94 bits per heavy atom. The number of carbonyl (C=O) groups excluding carboxylic acids is 1. The van der Waals surface area contributed by atoms with Crippen LogP contribution in [0, 0.1) is 6.92 Å². The lowest BCUT2D eigenvalue weighted by Gasteiger charge is -2.33. The van der Waals surface area contributed by atoms with Crippen LogP contribution in [0.3, 0.4) is 0 Å². The first-order chi connectivity index (χ1) is 8.61. The van der Waals surface area contributed by atoms with Crippen LogP contribution in [-0.4, -0.2) is 43.7 Å². The van der Waals surface area contributed by atoms with E-state index in [1.165, 1.54) is 7.11 Å². The maximum absolute atomic E-state index is 11.5. The molecule has 2 heterocycles. The van der Waals surface area contributed by atoms with Crippen molar-refractivity contribution >= 4 is 11.8 Å². The molecule has 0 bridgehead atoms. The predicted molar refractivity (Wildman–Crippen MR) is 70.0 cm³/mol. The Morgan fingerprint density at radius 1 is 1.56 bits per heavy atom. The maximum atomic E-state index is 11.5. The zero-order chi connectivity index (χ0) is 13.1. The number of aromatic nitrogens is 1. The molecule has 1 fully saturated rings. The third kappa shape index (κ3) is 2.61. The van der Waals surface area contributed by atoms with Crippen LogP contribution in [0.1, 0.15) is 23.0 Å². The van der Waals surface area contributed by atoms with E-state index in [0.717, 1.165) is 25.5 Å². The molecule has 0 amide bonds. The lowest BCUT2D eigenvalue weighted by molar-refractivity contribution is 0.0599. The first-order valence-electron chi connectivity index (χ1n) is 6.16. The van der Waals surface area contributed by atoms with E-state index in [2.05, 4.69) is 22.1 Å². The predicted octanol–water partition coefficient (Wildman–Crippen LogP) is 0.975. The van der Waals surface area contributed by atoms with Gasteiger partial charge in [0.1, 0.15) is 5.82 Å². The van der Waals surface area contributed by atoms with Gasteiger partial charge in [-0.1, -0.05) is 0 Å². The summed E-state index contributed by atoms with van der Waals surface area (Å²) in [6.45, 7) is 6.82. The van der Waals surface area contributed by atoms with Crippen molar-refractivity contribution in [2.24, 2.45) is 0 Å². The molecule has 5 nitrogen and oxygen atoms in total. The first-order valence-corrected chi connectivity index (χ1v) is 6.16. The summed E-state index contributed by atoms with van der Waals surface area (Å²) in [5.74, 6) is 0.591. The highest BCUT2D eigenvalue weighted by molar-refractivity contribution is 5.90. The van der Waals surface area contributed by atoms with Gasteiger partial charge in [-0.2, -0.15) is 0 Å². The molecule has 0 saturated carbocycles. The highest BCUT2D eigenvalue weighted by atomic mass is 16.5. The highest BCUT2D eigenvalue weighted by Gasteiger charge is 2.18. The van der Waals surface area contributed by atoms with E-state index in [-0.39, 0.29) is 5.97 Å². The fourth-order valence-corrected chi connectivity index (χ4v) is 2.19. The van der Waals surface area contributed by atoms with Gasteiger partial charge in [0, 0.05) is 25.7 Å². The number of carbonyl (C=O) groups is 1. The maximum Gasteiger partial charge on any atom is 0.339 e. The Bertz CT molecular complexity index is 448. The summed E-state index contributed by atoms with van der Waals surface area (Å²) in [6, 6.07) is 4.13. The van der Waals surface area contributed by atoms with E-state index in [4.69, 9.17) is 4.74 Å². The summed E-state index contributed by atoms with van der Waals surface area (Å²) >= 11 is 0. The molecule has 1 aliphatic rings. The number of rotatable bonds is 2. The topological polar surface area (TPSA) is 54.5 Å². The van der Waals surface area contributed by atoms with Crippen molar-refractivity contribution in [3.8, 4) is 0 Å². The fourth-order valence-electron chi connectivity index (χ4n) is 2.19. The number of hydrogen-bond acceptors (Lipinski definition) is 5. The largest absolute Gasteiger partial charge is 0.465 e. The van der Waals surface area contributed by atoms with Crippen LogP contribution in [0.2, 0.25) is 0 Å². The molecule has 1 aromatic rings. The lowest BCUT2D eigenvalue weighted by Crippen LogP contribution is -2.49. The second-order valence-corrected chi connectivity index (χ2v) is 4.60. The Kier molecular flexibility index (Phi) is 3.81. The molecule has 98 valence electrons. The molecule has 5 heteroatoms. The van der Waals surface area contributed by atoms with Gasteiger partial charge in [-0.15, -0.1) is 0 Å². The van der Waals surface area contributed by atoms with Crippen molar-refractivity contribution in [1.29, 1.82) is 0 Å². The van der Waals surface area contributed by atoms with E-state index in [1.54, 1.807) is 6.07 Å². The molecule has 0 radical (unpaired) electrons. The molecule has 2 rings (SSSR count). The van der Waals surface area contributed by atoms with Crippen LogP contribution in [-0.2, 0) is 4.74 Å². The Balaban J connectivity index is 2.20. The Morgan fingerprint density at radius 2 is 2.33 bits per heavy atom. The van der Waals surface area contributed by atoms with E-state index in [1.807, 2.05) is 13.0 Å². The van der Waals surface area contributed by atoms with Crippen LogP contribution in [0.5, 0.6) is 0 Å². The van der Waals surface area contributed by atoms with Gasteiger partial charge in [0.25, 0.3) is 0 Å². The SMILES string of the molecule is COC(=O)c1ccc(N2CCNC(C)C2)nc1C. The van der Waals surface area contributed by atoms with Crippen LogP contribution in [0.15, 0.2) is 12.1 Å². The van der Waals surface area contributed by atoms with E-state index in [9.17, 15) is 4.79 Å². The number of pyridine rings is 1. The normalized spacial score (nSPS) is 19.7. The summed E-state index contributed by atoms with van der Waals surface area (Å²) in [5.41, 5.74) is 1.25. The van der Waals surface area contributed by atoms with Crippen LogP contribution in [0.4, 0.5) is 5.82 Å². The first kappa shape index (κ1) is 12.8. The molecule has 18 heavy (non-hydrogen) atoms. The van der Waals surface area contributed by atoms with Crippen LogP contribution in [0.25, 0.3) is 0 Å². The number of ether oxygens (including phenoxy) is 1. The van der Waals surface area contributed by atoms with Gasteiger partial charge in [-0.3, -0.25) is 0 Å². The molecule has 1 N–H and O–H groups in total. The minimum Gasteiger partial charge on any atom is -0.465 e. The average Bonchev–Trinajstić information content (AvgIpc) is 2.37. The summed E-state index contributed by atoms with van der Waals surface area (Å²) in [5, 5.41) is 3.39. The summed E-state index contributed by atoms with van der Waals surface area (Å²) in [7, 11) is 1.38. The molecule has 1 saturated heterocycles. The van der Waals surface area contributed by atoms with Gasteiger partial charge in [0.2, 0.25) is 0 Å². The number of piperazine rings is 1. The molecular weight excluding hydrogens is 230 g/mol. The van der Waals surface area contributed by atoms with Crippen molar-refractivity contribution < 1.29 is 9.53 Å². The number of methoxy groups -OCH3 is 1. The number of hydrogen-bond donors (Lipinski definition) is 1. The molecule has 1 unspecified atom stereocenters. The standard InChI is InChI=1S/C13H19N3O2/c1-9-8-16(7-6-14-9)12-5-4-11(10(2)15-12)13(17)18-3/h4-5,9,14H,6-8H2,1-3H3. The van der Waals surface area contributed by atoms with Gasteiger partial charge < -0.3 is 15.0 Å². The number of anilines is 1. The summed E-state index contributed by atoms with van der Waals surface area (Å²) < 4.78 is 4.72. The van der Waals surface area contributed by atoms with Crippen molar-refractivity contribution in [3.05, 3.63) is 23.4 Å². The van der Waals surface area contributed by atoms with Crippen molar-refractivity contribution in [2.45, 2.75) is 19.9 Å². The van der Waals surface area contributed by atoms with Crippen molar-refractivity contribution in [1.82, 2.24) is 10.3 Å². The summed E-state index contributed by atoms with van der Waals surface area (Å²) in [4.78, 5) is 18.2. The van der Waals surface area contributed by atoms with Crippen LogP contribution >= 0.6 is 0 Å². The number of esters is 1. The minimum absolute atomic E-state index is 0.333. The Hall–Kier alpha value is -1.62. The Labute approximate surface area is 107 Å². The minimum atomic E-state index is -0.333. The molecule has 1 aliphatic heterocycles. The fraction of sp³-hybridized carbons (Fsp3) is 0.538. The van der Waals surface area contributed by atoms with Gasteiger partial charge >= 0.3 is 5.97 Å². The monoisotopic (exact) mass is 249 g/mol. The number of nitrogens with one attached hydrogen (secondary N) is 1. The van der Waals surface area contributed by atoms with E-state index >= 15 is 0 Å². The second-order valence-electron chi connectivity index (χ2n) is 4.60. The number of aryl methyl sites for hydroxylation is 1. The zero-order valence-corrected chi connectivity index (χ0v) is 11.1. The summed E-state index contributed by atoms with van der Waals surface area (Å²) in [6.07, 6.45) is 0. The highest BCUT2D eigenvalue weighted by Crippen LogP contribution is 2.17. The van der Waals surface area contributed by atoms with E-state index < -0.39 is 0 Å². The van der Waals surface area contributed by atoms with Crippen molar-refractivity contribution in [2.75, 3.05) is 31.6 Å². The zero-order valence-electron chi connectivity index (χ0n) is 11.1. The van der Waals surface area contributed by atoms with Gasteiger partial charge in [0.05, 0.1) is 18.4 Å². The van der Waals surface area contributed by atoms with E-state index in [0.29, 0.717) is 17.3 Å². The lowest BCUT2D eigenvalue weighted by atomic mass is 10.2. The quantitative estimate of drug-likeness (QED) is 0.792. The molecule has 1 atom stereocenters. The third-order valence-electron chi connectivity index (χ3n) is 3.17. The van der Waals surface area contributed by atoms with Crippen LogP contribution < -0.4 is 10.2 Å². The van der Waals surface area contributed by atoms with Gasteiger partial charge in [0.15, 0.2) is 0 Å². The average molecular weight is 249 g/mol. The molecular formula is C13H19N3O2. The molecule has 0 aliphatic carbocycles. The van der Waals surface area contributed by atoms with Crippen molar-refractivity contribution in [3.63, 3.8) is 0 Å². The molecule has 0 spiro atoms. The molecule has 0 aromatic carbocycles. The second kappa shape index (κ2) is 5.35. The third-order valence-corrected chi connectivity index (χ3v) is 3.17. The molecule has 1 aromatic heterocycles. The number of nitrogens with zero attached hydrogens (tertiary/aromatic N) is 2. The smallest absolute Gasteiger partial charge is 0.339 e.